The molecule has 47 heavy (non-hydrogen) atoms. The molecule has 0 radical (unpaired) electrons. The lowest BCUT2D eigenvalue weighted by molar-refractivity contribution is -0.142. The standard InChI is InChI=1S/C43H36O4/c1-3-46-40(44)37-38(41(45)47-4-2)43(34-28-18-9-19-29-34)36(31-22-12-6-13-23-31)35(30-20-10-5-11-21-30)42(37,33-26-16-8-17-27-33)39(43)32-24-14-7-15-25-32/h5-29,39H,3-4H2,1-2H3/t39?,42-,43+. The van der Waals surface area contributed by atoms with Gasteiger partial charge in [0.2, 0.25) is 0 Å². The lowest BCUT2D eigenvalue weighted by Gasteiger charge is -2.40. The molecule has 2 aliphatic rings. The molecule has 0 N–H and O–H groups in total. The Balaban J connectivity index is 1.81. The minimum atomic E-state index is -1.14. The highest BCUT2D eigenvalue weighted by Gasteiger charge is 2.74. The number of hydrogen-bond donors (Lipinski definition) is 0. The van der Waals surface area contributed by atoms with E-state index in [0.29, 0.717) is 11.1 Å². The van der Waals surface area contributed by atoms with Crippen LogP contribution >= 0.6 is 0 Å². The van der Waals surface area contributed by atoms with E-state index >= 15 is 0 Å². The molecule has 0 amide bonds. The van der Waals surface area contributed by atoms with Crippen molar-refractivity contribution in [1.82, 2.24) is 0 Å². The van der Waals surface area contributed by atoms with Crippen molar-refractivity contribution in [1.29, 1.82) is 0 Å². The molecule has 0 heterocycles. The number of esters is 2. The second kappa shape index (κ2) is 12.4. The maximum atomic E-state index is 14.8. The first-order valence-corrected chi connectivity index (χ1v) is 16.2. The van der Waals surface area contributed by atoms with Gasteiger partial charge in [0.25, 0.3) is 0 Å². The number of rotatable bonds is 9. The summed E-state index contributed by atoms with van der Waals surface area (Å²) in [4.78, 5) is 29.6. The SMILES string of the molecule is CCOC(=O)C1=C(C(=O)OCC)[C@]2(c3ccccc3)C(c3ccccc3)=C(c3ccccc3)[C@@]1(c1ccccc1)C2c1ccccc1. The topological polar surface area (TPSA) is 52.6 Å². The van der Waals surface area contributed by atoms with Gasteiger partial charge in [0.15, 0.2) is 0 Å². The monoisotopic (exact) mass is 616 g/mol. The number of ether oxygens (including phenoxy) is 2. The predicted molar refractivity (Wildman–Crippen MR) is 185 cm³/mol. The fourth-order valence-corrected chi connectivity index (χ4v) is 8.29. The molecular weight excluding hydrogens is 580 g/mol. The Morgan fingerprint density at radius 2 is 0.809 bits per heavy atom. The number of fused-ring (bicyclic) bond motifs is 2. The highest BCUT2D eigenvalue weighted by atomic mass is 16.5. The highest BCUT2D eigenvalue weighted by molar-refractivity contribution is 6.21. The van der Waals surface area contributed by atoms with Crippen LogP contribution in [-0.2, 0) is 29.9 Å². The molecular formula is C43H36O4. The van der Waals surface area contributed by atoms with E-state index in [1.54, 1.807) is 13.8 Å². The Bertz CT molecular complexity index is 1840. The Kier molecular flexibility index (Phi) is 7.95. The Morgan fingerprint density at radius 1 is 0.489 bits per heavy atom. The lowest BCUT2D eigenvalue weighted by Crippen LogP contribution is -2.38. The fraction of sp³-hybridized carbons (Fsp3) is 0.163. The quantitative estimate of drug-likeness (QED) is 0.156. The molecule has 5 aromatic rings. The van der Waals surface area contributed by atoms with Gasteiger partial charge < -0.3 is 9.47 Å². The molecule has 4 nitrogen and oxygen atoms in total. The van der Waals surface area contributed by atoms with Crippen molar-refractivity contribution in [3.63, 3.8) is 0 Å². The number of carbonyl (C=O) groups is 2. The zero-order chi connectivity index (χ0) is 32.4. The average molecular weight is 617 g/mol. The van der Waals surface area contributed by atoms with E-state index in [9.17, 15) is 9.59 Å². The van der Waals surface area contributed by atoms with Crippen molar-refractivity contribution in [3.8, 4) is 0 Å². The molecule has 0 fully saturated rings. The van der Waals surface area contributed by atoms with Gasteiger partial charge in [-0.05, 0) is 52.8 Å². The minimum absolute atomic E-state index is 0.160. The van der Waals surface area contributed by atoms with Crippen LogP contribution in [0.25, 0.3) is 11.1 Å². The van der Waals surface area contributed by atoms with E-state index in [0.717, 1.165) is 39.0 Å². The maximum Gasteiger partial charge on any atom is 0.335 e. The predicted octanol–water partition coefficient (Wildman–Crippen LogP) is 8.71. The van der Waals surface area contributed by atoms with Gasteiger partial charge in [0.05, 0.1) is 35.2 Å². The molecule has 0 saturated heterocycles. The van der Waals surface area contributed by atoms with Crippen LogP contribution in [-0.4, -0.2) is 25.2 Å². The third-order valence-electron chi connectivity index (χ3n) is 9.62. The van der Waals surface area contributed by atoms with Crippen LogP contribution in [0, 0.1) is 0 Å². The highest BCUT2D eigenvalue weighted by Crippen LogP contribution is 2.78. The van der Waals surface area contributed by atoms with Crippen molar-refractivity contribution >= 4 is 23.1 Å². The Labute approximate surface area is 276 Å². The first-order chi connectivity index (χ1) is 23.1. The van der Waals surface area contributed by atoms with Crippen LogP contribution in [0.4, 0.5) is 0 Å². The van der Waals surface area contributed by atoms with Crippen molar-refractivity contribution < 1.29 is 19.1 Å². The summed E-state index contributed by atoms with van der Waals surface area (Å²) in [5, 5.41) is 0. The molecule has 0 saturated carbocycles. The Morgan fingerprint density at radius 3 is 1.15 bits per heavy atom. The van der Waals surface area contributed by atoms with Crippen molar-refractivity contribution in [2.24, 2.45) is 0 Å². The smallest absolute Gasteiger partial charge is 0.335 e. The fourth-order valence-electron chi connectivity index (χ4n) is 8.29. The zero-order valence-electron chi connectivity index (χ0n) is 26.6. The number of hydrogen-bond acceptors (Lipinski definition) is 4. The summed E-state index contributed by atoms with van der Waals surface area (Å²) in [6.07, 6.45) is 0. The van der Waals surface area contributed by atoms with Gasteiger partial charge in [-0.15, -0.1) is 0 Å². The number of carbonyl (C=O) groups excluding carboxylic acids is 2. The normalized spacial score (nSPS) is 21.5. The van der Waals surface area contributed by atoms with Crippen LogP contribution in [0.3, 0.4) is 0 Å². The molecule has 5 aromatic carbocycles. The van der Waals surface area contributed by atoms with Gasteiger partial charge in [-0.2, -0.15) is 0 Å². The summed E-state index contributed by atoms with van der Waals surface area (Å²) in [6.45, 7) is 3.92. The summed E-state index contributed by atoms with van der Waals surface area (Å²) < 4.78 is 11.9. The van der Waals surface area contributed by atoms with Crippen LogP contribution in [0.15, 0.2) is 163 Å². The number of allylic oxidation sites excluding steroid dienone is 2. The van der Waals surface area contributed by atoms with Gasteiger partial charge in [-0.25, -0.2) is 9.59 Å². The third kappa shape index (κ3) is 4.43. The molecule has 2 bridgehead atoms. The van der Waals surface area contributed by atoms with E-state index in [4.69, 9.17) is 9.47 Å². The summed E-state index contributed by atoms with van der Waals surface area (Å²) in [7, 11) is 0. The van der Waals surface area contributed by atoms with Crippen molar-refractivity contribution in [3.05, 3.63) is 191 Å². The molecule has 3 atom stereocenters. The molecule has 1 unspecified atom stereocenters. The van der Waals surface area contributed by atoms with Crippen LogP contribution < -0.4 is 0 Å². The molecule has 7 rings (SSSR count). The van der Waals surface area contributed by atoms with Crippen molar-refractivity contribution in [2.75, 3.05) is 13.2 Å². The summed E-state index contributed by atoms with van der Waals surface area (Å²) in [5.41, 5.74) is 5.09. The number of benzene rings is 5. The average Bonchev–Trinajstić information content (AvgIpc) is 3.57. The molecule has 0 aromatic heterocycles. The van der Waals surface area contributed by atoms with Gasteiger partial charge in [0, 0.05) is 5.92 Å². The van der Waals surface area contributed by atoms with E-state index in [1.165, 1.54) is 0 Å². The summed E-state index contributed by atoms with van der Waals surface area (Å²) >= 11 is 0. The van der Waals surface area contributed by atoms with E-state index in [2.05, 4.69) is 60.7 Å². The molecule has 232 valence electrons. The molecule has 2 aliphatic carbocycles. The Hall–Kier alpha value is -5.48. The van der Waals surface area contributed by atoms with Crippen LogP contribution in [0.1, 0.15) is 47.6 Å². The molecule has 4 heteroatoms. The van der Waals surface area contributed by atoms with Gasteiger partial charge in [0.1, 0.15) is 0 Å². The van der Waals surface area contributed by atoms with E-state index < -0.39 is 28.7 Å². The van der Waals surface area contributed by atoms with Crippen molar-refractivity contribution in [2.45, 2.75) is 30.6 Å². The second-order valence-electron chi connectivity index (χ2n) is 11.9. The molecule has 0 aliphatic heterocycles. The maximum absolute atomic E-state index is 14.8. The van der Waals surface area contributed by atoms with E-state index in [1.807, 2.05) is 91.0 Å². The minimum Gasteiger partial charge on any atom is -0.463 e. The third-order valence-corrected chi connectivity index (χ3v) is 9.62. The van der Waals surface area contributed by atoms with Gasteiger partial charge in [-0.1, -0.05) is 152 Å². The largest absolute Gasteiger partial charge is 0.463 e. The van der Waals surface area contributed by atoms with Gasteiger partial charge in [-0.3, -0.25) is 0 Å². The summed E-state index contributed by atoms with van der Waals surface area (Å²) in [6, 6.07) is 51.2. The lowest BCUT2D eigenvalue weighted by atomic mass is 9.60. The van der Waals surface area contributed by atoms with Crippen LogP contribution in [0.5, 0.6) is 0 Å². The zero-order valence-corrected chi connectivity index (χ0v) is 26.6. The first kappa shape index (κ1) is 30.2. The second-order valence-corrected chi connectivity index (χ2v) is 11.9. The van der Waals surface area contributed by atoms with Crippen LogP contribution in [0.2, 0.25) is 0 Å². The summed E-state index contributed by atoms with van der Waals surface area (Å²) in [5.74, 6) is -1.48. The van der Waals surface area contributed by atoms with E-state index in [-0.39, 0.29) is 13.2 Å². The van der Waals surface area contributed by atoms with Gasteiger partial charge >= 0.3 is 11.9 Å². The molecule has 0 spiro atoms. The first-order valence-electron chi connectivity index (χ1n) is 16.2.